The number of hydrogen-bond donors (Lipinski definition) is 1. The van der Waals surface area contributed by atoms with E-state index in [2.05, 4.69) is 25.3 Å². The number of aromatic nitrogens is 5. The average Bonchev–Trinajstić information content (AvgIpc) is 3.51. The van der Waals surface area contributed by atoms with Gasteiger partial charge in [0.25, 0.3) is 5.56 Å². The molecule has 2 aromatic carbocycles. The first-order valence-electron chi connectivity index (χ1n) is 13.0. The second-order valence-electron chi connectivity index (χ2n) is 10.0. The van der Waals surface area contributed by atoms with E-state index in [-0.39, 0.29) is 17.7 Å². The van der Waals surface area contributed by atoms with Crippen molar-refractivity contribution in [1.29, 1.82) is 0 Å². The van der Waals surface area contributed by atoms with Crippen molar-refractivity contribution in [3.05, 3.63) is 87.9 Å². The Kier molecular flexibility index (Phi) is 6.64. The van der Waals surface area contributed by atoms with Crippen molar-refractivity contribution in [2.75, 3.05) is 5.73 Å². The summed E-state index contributed by atoms with van der Waals surface area (Å²) < 4.78 is 9.55. The van der Waals surface area contributed by atoms with Gasteiger partial charge < -0.3 is 10.5 Å². The predicted molar refractivity (Wildman–Crippen MR) is 166 cm³/mol. The summed E-state index contributed by atoms with van der Waals surface area (Å²) in [5.41, 5.74) is 11.8. The molecule has 4 aromatic heterocycles. The van der Waals surface area contributed by atoms with Crippen LogP contribution in [0.25, 0.3) is 38.2 Å². The molecule has 8 nitrogen and oxygen atoms in total. The number of hydrogen-bond acceptors (Lipinski definition) is 7. The normalized spacial score (nSPS) is 12.4. The van der Waals surface area contributed by atoms with E-state index in [1.165, 1.54) is 6.33 Å². The Morgan fingerprint density at radius 2 is 1.80 bits per heavy atom. The summed E-state index contributed by atoms with van der Waals surface area (Å²) in [6.07, 6.45) is 1.51. The van der Waals surface area contributed by atoms with Gasteiger partial charge in [0.05, 0.1) is 23.1 Å². The Labute approximate surface area is 237 Å². The van der Waals surface area contributed by atoms with Crippen molar-refractivity contribution < 1.29 is 4.74 Å². The van der Waals surface area contributed by atoms with Gasteiger partial charge in [0.2, 0.25) is 0 Å². The molecule has 0 saturated heterocycles. The molecule has 0 saturated carbocycles. The van der Waals surface area contributed by atoms with E-state index in [4.69, 9.17) is 15.6 Å². The topological polar surface area (TPSA) is 100 Å². The molecule has 0 spiro atoms. The summed E-state index contributed by atoms with van der Waals surface area (Å²) in [6.45, 7) is 7.98. The minimum absolute atomic E-state index is 0.0523. The lowest BCUT2D eigenvalue weighted by molar-refractivity contribution is 0.244. The van der Waals surface area contributed by atoms with Gasteiger partial charge in [-0.15, -0.1) is 20.6 Å². The van der Waals surface area contributed by atoms with Crippen molar-refractivity contribution in [2.24, 2.45) is 0 Å². The van der Waals surface area contributed by atoms with E-state index in [1.807, 2.05) is 86.3 Å². The average molecular weight is 569 g/mol. The van der Waals surface area contributed by atoms with Gasteiger partial charge >= 0.3 is 0 Å². The lowest BCUT2D eigenvalue weighted by Crippen LogP contribution is -2.21. The van der Waals surface area contributed by atoms with Gasteiger partial charge in [-0.3, -0.25) is 9.20 Å². The number of fused-ring (bicyclic) bond motifs is 2. The summed E-state index contributed by atoms with van der Waals surface area (Å²) in [5.74, 6) is 1.14. The zero-order chi connectivity index (χ0) is 28.1. The Hall–Kier alpha value is -4.07. The highest BCUT2D eigenvalue weighted by Crippen LogP contribution is 2.36. The molecule has 0 amide bonds. The summed E-state index contributed by atoms with van der Waals surface area (Å²) in [5, 5.41) is 8.64. The van der Waals surface area contributed by atoms with E-state index in [9.17, 15) is 4.79 Å². The number of thiazole rings is 1. The molecule has 0 aliphatic rings. The fourth-order valence-electron chi connectivity index (χ4n) is 5.10. The first-order valence-corrected chi connectivity index (χ1v) is 14.4. The van der Waals surface area contributed by atoms with Crippen LogP contribution in [0, 0.1) is 6.92 Å². The maximum Gasteiger partial charge on any atom is 0.264 e. The molecule has 2 atom stereocenters. The molecule has 10 heteroatoms. The molecule has 0 aliphatic carbocycles. The summed E-state index contributed by atoms with van der Waals surface area (Å²) >= 11 is 1.55. The minimum Gasteiger partial charge on any atom is -0.490 e. The molecule has 0 fully saturated rings. The van der Waals surface area contributed by atoms with Crippen LogP contribution < -0.4 is 21.3 Å². The molecule has 6 aromatic rings. The van der Waals surface area contributed by atoms with Crippen molar-refractivity contribution in [1.82, 2.24) is 24.1 Å². The van der Waals surface area contributed by atoms with E-state index in [0.717, 1.165) is 38.3 Å². The second kappa shape index (κ2) is 10.2. The number of benzene rings is 2. The minimum atomic E-state index is -0.333. The third-order valence-electron chi connectivity index (χ3n) is 6.95. The molecule has 6 rings (SSSR count). The highest BCUT2D eigenvalue weighted by atomic mass is 32.1. The molecular formula is C30H29N6O2PS. The van der Waals surface area contributed by atoms with Crippen molar-refractivity contribution in [3.8, 4) is 28.1 Å². The van der Waals surface area contributed by atoms with Gasteiger partial charge in [0.15, 0.2) is 5.65 Å². The van der Waals surface area contributed by atoms with Crippen LogP contribution in [0.15, 0.2) is 71.1 Å². The lowest BCUT2D eigenvalue weighted by atomic mass is 9.97. The Morgan fingerprint density at radius 1 is 1.02 bits per heavy atom. The van der Waals surface area contributed by atoms with Crippen molar-refractivity contribution in [3.63, 3.8) is 0 Å². The number of nitrogens with zero attached hydrogens (tertiary/aromatic N) is 5. The SMILES string of the molecule is Cc1csc2cc([C@@H](C)n3nc(-c4ccc(OC(C)C)c(P)c4)c4c(N)ncnc43)c(-c3ccccc3)c(=O)n12. The largest absolute Gasteiger partial charge is 0.490 e. The molecule has 4 heterocycles. The van der Waals surface area contributed by atoms with Gasteiger partial charge in [-0.2, -0.15) is 5.10 Å². The molecule has 1 unspecified atom stereocenters. The van der Waals surface area contributed by atoms with Crippen LogP contribution in [0.2, 0.25) is 0 Å². The number of pyridine rings is 1. The zero-order valence-corrected chi connectivity index (χ0v) is 24.6. The Morgan fingerprint density at radius 3 is 2.52 bits per heavy atom. The molecular weight excluding hydrogens is 539 g/mol. The van der Waals surface area contributed by atoms with Crippen LogP contribution in [0.1, 0.15) is 38.1 Å². The first kappa shape index (κ1) is 26.2. The van der Waals surface area contributed by atoms with Gasteiger partial charge in [0.1, 0.15) is 28.4 Å². The molecule has 202 valence electrons. The molecule has 2 N–H and O–H groups in total. The van der Waals surface area contributed by atoms with Crippen LogP contribution >= 0.6 is 20.6 Å². The van der Waals surface area contributed by atoms with Crippen LogP contribution in [0.4, 0.5) is 5.82 Å². The number of aryl methyl sites for hydroxylation is 1. The van der Waals surface area contributed by atoms with Crippen molar-refractivity contribution in [2.45, 2.75) is 39.8 Å². The smallest absolute Gasteiger partial charge is 0.264 e. The van der Waals surface area contributed by atoms with Crippen LogP contribution in [-0.2, 0) is 0 Å². The van der Waals surface area contributed by atoms with E-state index < -0.39 is 0 Å². The maximum atomic E-state index is 13.9. The Balaban J connectivity index is 1.58. The number of anilines is 1. The van der Waals surface area contributed by atoms with E-state index >= 15 is 0 Å². The standard InChI is InChI=1S/C30H29N6O2PS/c1-16(2)38-22-11-10-20(12-23(22)39)27-26-28(31)32-15-33-29(26)36(34-27)18(4)21-13-24-35(17(3)14-40-24)30(37)25(21)19-8-6-5-7-9-19/h5-16,18H,39H2,1-4H3,(H2,31,32,33)/t18-/m1/s1. The molecule has 0 aliphatic heterocycles. The van der Waals surface area contributed by atoms with E-state index in [1.54, 1.807) is 15.7 Å². The molecule has 0 bridgehead atoms. The lowest BCUT2D eigenvalue weighted by Gasteiger charge is -2.18. The van der Waals surface area contributed by atoms with Crippen LogP contribution in [0.5, 0.6) is 5.75 Å². The van der Waals surface area contributed by atoms with E-state index in [0.29, 0.717) is 28.1 Å². The summed E-state index contributed by atoms with van der Waals surface area (Å²) in [6, 6.07) is 17.4. The second-order valence-corrected chi connectivity index (χ2v) is 11.6. The van der Waals surface area contributed by atoms with Gasteiger partial charge in [-0.05, 0) is 63.1 Å². The summed E-state index contributed by atoms with van der Waals surface area (Å²) in [7, 11) is 2.74. The maximum absolute atomic E-state index is 13.9. The number of nitrogen functional groups attached to an aromatic ring is 1. The summed E-state index contributed by atoms with van der Waals surface area (Å²) in [4.78, 5) is 23.7. The van der Waals surface area contributed by atoms with Gasteiger partial charge in [-0.25, -0.2) is 14.6 Å². The fraction of sp³-hybridized carbons (Fsp3) is 0.200. The number of nitrogens with two attached hydrogens (primary N) is 1. The van der Waals surface area contributed by atoms with Crippen LogP contribution in [0.3, 0.4) is 0 Å². The van der Waals surface area contributed by atoms with Gasteiger partial charge in [-0.1, -0.05) is 30.3 Å². The third kappa shape index (κ3) is 4.35. The fourth-order valence-corrected chi connectivity index (χ4v) is 6.37. The first-order chi connectivity index (χ1) is 19.2. The number of ether oxygens (including phenoxy) is 1. The quantitative estimate of drug-likeness (QED) is 0.262. The Bertz CT molecular complexity index is 1940. The molecule has 40 heavy (non-hydrogen) atoms. The van der Waals surface area contributed by atoms with Crippen LogP contribution in [-0.4, -0.2) is 30.3 Å². The molecule has 0 radical (unpaired) electrons. The zero-order valence-electron chi connectivity index (χ0n) is 22.6. The van der Waals surface area contributed by atoms with Gasteiger partial charge in [0, 0.05) is 21.9 Å². The monoisotopic (exact) mass is 568 g/mol. The van der Waals surface area contributed by atoms with Crippen molar-refractivity contribution >= 4 is 47.6 Å². The highest BCUT2D eigenvalue weighted by Gasteiger charge is 2.25. The third-order valence-corrected chi connectivity index (χ3v) is 8.40. The highest BCUT2D eigenvalue weighted by molar-refractivity contribution is 7.27. The number of rotatable bonds is 6. The predicted octanol–water partition coefficient (Wildman–Crippen LogP) is 5.62.